The maximum atomic E-state index is 13.4. The third-order valence-corrected chi connectivity index (χ3v) is 5.82. The number of benzene rings is 2. The zero-order valence-electron chi connectivity index (χ0n) is 17.3. The highest BCUT2D eigenvalue weighted by Gasteiger charge is 2.15. The van der Waals surface area contributed by atoms with Crippen LogP contribution in [0, 0.1) is 5.82 Å². The van der Waals surface area contributed by atoms with Gasteiger partial charge in [-0.1, -0.05) is 30.0 Å². The van der Waals surface area contributed by atoms with Gasteiger partial charge in [-0.25, -0.2) is 14.4 Å². The zero-order valence-corrected chi connectivity index (χ0v) is 18.2. The number of aromatic amines is 1. The smallest absolute Gasteiger partial charge is 0.166 e. The van der Waals surface area contributed by atoms with Crippen LogP contribution in [-0.2, 0) is 6.54 Å². The molecule has 0 aliphatic carbocycles. The summed E-state index contributed by atoms with van der Waals surface area (Å²) in [5.41, 5.74) is 5.59. The number of rotatable bonds is 6. The van der Waals surface area contributed by atoms with Crippen molar-refractivity contribution < 1.29 is 4.39 Å². The molecule has 32 heavy (non-hydrogen) atoms. The van der Waals surface area contributed by atoms with Gasteiger partial charge in [-0.05, 0) is 60.4 Å². The van der Waals surface area contributed by atoms with E-state index in [-0.39, 0.29) is 5.82 Å². The zero-order chi connectivity index (χ0) is 21.9. The van der Waals surface area contributed by atoms with Crippen molar-refractivity contribution in [1.29, 1.82) is 0 Å². The summed E-state index contributed by atoms with van der Waals surface area (Å²) in [4.78, 5) is 17.0. The van der Waals surface area contributed by atoms with Crippen molar-refractivity contribution in [3.05, 3.63) is 90.5 Å². The maximum absolute atomic E-state index is 13.4. The third kappa shape index (κ3) is 4.07. The molecule has 2 N–H and O–H groups in total. The molecule has 5 nitrogen and oxygen atoms in total. The van der Waals surface area contributed by atoms with Crippen LogP contribution in [-0.4, -0.2) is 26.2 Å². The van der Waals surface area contributed by atoms with Crippen LogP contribution in [0.1, 0.15) is 5.56 Å². The van der Waals surface area contributed by atoms with E-state index in [0.29, 0.717) is 6.54 Å². The van der Waals surface area contributed by atoms with Crippen molar-refractivity contribution in [3.63, 3.8) is 0 Å². The Morgan fingerprint density at radius 3 is 2.59 bits per heavy atom. The first-order valence-electron chi connectivity index (χ1n) is 10.1. The van der Waals surface area contributed by atoms with E-state index in [1.807, 2.05) is 48.9 Å². The van der Waals surface area contributed by atoms with E-state index >= 15 is 0 Å². The molecule has 0 fully saturated rings. The number of H-pyrrole nitrogens is 1. The van der Waals surface area contributed by atoms with E-state index in [9.17, 15) is 4.39 Å². The lowest BCUT2D eigenvalue weighted by Crippen LogP contribution is -2.02. The number of thioether (sulfide) groups is 1. The monoisotopic (exact) mass is 441 g/mol. The molecule has 158 valence electrons. The molecule has 0 saturated heterocycles. The summed E-state index contributed by atoms with van der Waals surface area (Å²) in [6.07, 6.45) is 5.56. The summed E-state index contributed by atoms with van der Waals surface area (Å²) in [6, 6.07) is 20.4. The molecule has 0 saturated carbocycles. The van der Waals surface area contributed by atoms with Gasteiger partial charge in [0.05, 0.1) is 16.9 Å². The summed E-state index contributed by atoms with van der Waals surface area (Å²) >= 11 is 1.53. The Bertz CT molecular complexity index is 1380. The molecule has 0 unspecified atom stereocenters. The Morgan fingerprint density at radius 1 is 0.938 bits per heavy atom. The molecule has 0 amide bonds. The normalized spacial score (nSPS) is 11.1. The number of hydrogen-bond acceptors (Lipinski definition) is 5. The molecule has 0 spiro atoms. The number of fused-ring (bicyclic) bond motifs is 1. The number of imidazole rings is 1. The lowest BCUT2D eigenvalue weighted by atomic mass is 10.1. The van der Waals surface area contributed by atoms with Gasteiger partial charge >= 0.3 is 0 Å². The molecular weight excluding hydrogens is 421 g/mol. The van der Waals surface area contributed by atoms with E-state index in [1.165, 1.54) is 23.9 Å². The summed E-state index contributed by atoms with van der Waals surface area (Å²) < 4.78 is 13.4. The lowest BCUT2D eigenvalue weighted by molar-refractivity contribution is 0.628. The fourth-order valence-corrected chi connectivity index (χ4v) is 4.04. The topological polar surface area (TPSA) is 66.5 Å². The fourth-order valence-electron chi connectivity index (χ4n) is 3.65. The van der Waals surface area contributed by atoms with E-state index < -0.39 is 0 Å². The van der Waals surface area contributed by atoms with Crippen LogP contribution >= 0.6 is 11.8 Å². The standard InChI is InChI=1S/C25H20FN5S/c1-32-25-30-23(16-6-8-19(26)9-7-16)24(31-25)17-10-13-28-22(14-17)29-15-18-11-12-27-21-5-3-2-4-20(18)21/h2-14H,15H2,1H3,(H,28,29)(H,30,31). The summed E-state index contributed by atoms with van der Waals surface area (Å²) in [6.45, 7) is 0.626. The molecule has 0 aliphatic heterocycles. The van der Waals surface area contributed by atoms with Gasteiger partial charge in [-0.3, -0.25) is 4.98 Å². The Morgan fingerprint density at radius 2 is 1.75 bits per heavy atom. The van der Waals surface area contributed by atoms with Gasteiger partial charge in [0.2, 0.25) is 0 Å². The molecular formula is C25H20FN5S. The first-order chi connectivity index (χ1) is 15.7. The second-order valence-corrected chi connectivity index (χ2v) is 8.04. The molecule has 0 bridgehead atoms. The molecule has 0 aliphatic rings. The van der Waals surface area contributed by atoms with E-state index in [1.54, 1.807) is 18.3 Å². The second-order valence-electron chi connectivity index (χ2n) is 7.25. The number of anilines is 1. The molecule has 2 aromatic carbocycles. The summed E-state index contributed by atoms with van der Waals surface area (Å²) in [7, 11) is 0. The molecule has 3 heterocycles. The van der Waals surface area contributed by atoms with Crippen LogP contribution in [0.5, 0.6) is 0 Å². The first-order valence-corrected chi connectivity index (χ1v) is 11.4. The van der Waals surface area contributed by atoms with Gasteiger partial charge in [0.15, 0.2) is 5.16 Å². The van der Waals surface area contributed by atoms with Crippen molar-refractivity contribution >= 4 is 28.5 Å². The highest BCUT2D eigenvalue weighted by atomic mass is 32.2. The van der Waals surface area contributed by atoms with Crippen molar-refractivity contribution in [2.24, 2.45) is 0 Å². The molecule has 5 rings (SSSR count). The number of nitrogens with one attached hydrogen (secondary N) is 2. The van der Waals surface area contributed by atoms with E-state index in [4.69, 9.17) is 4.98 Å². The third-order valence-electron chi connectivity index (χ3n) is 5.24. The second kappa shape index (κ2) is 8.80. The molecule has 3 aromatic heterocycles. The number of aromatic nitrogens is 4. The number of nitrogens with zero attached hydrogens (tertiary/aromatic N) is 3. The van der Waals surface area contributed by atoms with E-state index in [2.05, 4.69) is 26.3 Å². The fraction of sp³-hybridized carbons (Fsp3) is 0.0800. The van der Waals surface area contributed by atoms with Crippen molar-refractivity contribution in [1.82, 2.24) is 19.9 Å². The summed E-state index contributed by atoms with van der Waals surface area (Å²) in [5.74, 6) is 0.487. The Kier molecular flexibility index (Phi) is 5.56. The average molecular weight is 442 g/mol. The van der Waals surface area contributed by atoms with Crippen molar-refractivity contribution in [3.8, 4) is 22.5 Å². The number of para-hydroxylation sites is 1. The quantitative estimate of drug-likeness (QED) is 0.309. The van der Waals surface area contributed by atoms with Gasteiger partial charge in [0.25, 0.3) is 0 Å². The first kappa shape index (κ1) is 20.2. The Hall–Kier alpha value is -3.71. The van der Waals surface area contributed by atoms with Crippen LogP contribution in [0.2, 0.25) is 0 Å². The van der Waals surface area contributed by atoms with Gasteiger partial charge in [-0.15, -0.1) is 0 Å². The van der Waals surface area contributed by atoms with Gasteiger partial charge < -0.3 is 10.3 Å². The maximum Gasteiger partial charge on any atom is 0.166 e. The SMILES string of the molecule is CSc1nc(-c2ccnc(NCc3ccnc4ccccc34)c2)c(-c2ccc(F)cc2)[nH]1. The van der Waals surface area contributed by atoms with Crippen LogP contribution in [0.3, 0.4) is 0 Å². The summed E-state index contributed by atoms with van der Waals surface area (Å²) in [5, 5.41) is 5.34. The van der Waals surface area contributed by atoms with Crippen LogP contribution in [0.25, 0.3) is 33.4 Å². The number of pyridine rings is 2. The van der Waals surface area contributed by atoms with Crippen LogP contribution in [0.4, 0.5) is 10.2 Å². The highest BCUT2D eigenvalue weighted by molar-refractivity contribution is 7.98. The van der Waals surface area contributed by atoms with Crippen molar-refractivity contribution in [2.75, 3.05) is 11.6 Å². The highest BCUT2D eigenvalue weighted by Crippen LogP contribution is 2.33. The minimum absolute atomic E-state index is 0.265. The Labute approximate surface area is 189 Å². The Balaban J connectivity index is 1.45. The van der Waals surface area contributed by atoms with Gasteiger partial charge in [0, 0.05) is 35.5 Å². The van der Waals surface area contributed by atoms with Crippen LogP contribution < -0.4 is 5.32 Å². The van der Waals surface area contributed by atoms with Gasteiger partial charge in [0.1, 0.15) is 11.6 Å². The molecule has 0 radical (unpaired) electrons. The molecule has 7 heteroatoms. The molecule has 5 aromatic rings. The average Bonchev–Trinajstić information content (AvgIpc) is 3.28. The van der Waals surface area contributed by atoms with Gasteiger partial charge in [-0.2, -0.15) is 0 Å². The number of halogens is 1. The lowest BCUT2D eigenvalue weighted by Gasteiger charge is -2.10. The minimum atomic E-state index is -0.265. The molecule has 0 atom stereocenters. The predicted octanol–water partition coefficient (Wildman–Crippen LogP) is 6.16. The van der Waals surface area contributed by atoms with Crippen LogP contribution in [0.15, 0.2) is 84.3 Å². The largest absolute Gasteiger partial charge is 0.366 e. The number of hydrogen-bond donors (Lipinski definition) is 2. The van der Waals surface area contributed by atoms with E-state index in [0.717, 1.165) is 50.0 Å². The predicted molar refractivity (Wildman–Crippen MR) is 128 cm³/mol. The minimum Gasteiger partial charge on any atom is -0.366 e. The van der Waals surface area contributed by atoms with Crippen molar-refractivity contribution in [2.45, 2.75) is 11.7 Å².